The summed E-state index contributed by atoms with van der Waals surface area (Å²) in [5.41, 5.74) is -0.919. The highest BCUT2D eigenvalue weighted by Crippen LogP contribution is 2.36. The standard InChI is InChI=1S/C17H13NO4/c1-17(16(21)22,11-7-3-2-4-8-11)18-14(19)12-9-5-6-10-13(12)15(18)20/h2-10H,1H3,(H,21,22)/t17-/m1/s1. The van der Waals surface area contributed by atoms with Crippen LogP contribution < -0.4 is 0 Å². The first-order chi connectivity index (χ1) is 10.5. The average Bonchev–Trinajstić information content (AvgIpc) is 2.79. The Morgan fingerprint density at radius 1 is 0.909 bits per heavy atom. The molecule has 1 aliphatic rings. The number of nitrogens with zero attached hydrogens (tertiary/aromatic N) is 1. The molecule has 0 bridgehead atoms. The maximum Gasteiger partial charge on any atom is 0.334 e. The predicted octanol–water partition coefficient (Wildman–Crippen LogP) is 2.28. The number of aliphatic carboxylic acids is 1. The first kappa shape index (κ1) is 14.0. The minimum Gasteiger partial charge on any atom is -0.479 e. The summed E-state index contributed by atoms with van der Waals surface area (Å²) >= 11 is 0. The Kier molecular flexibility index (Phi) is 3.06. The van der Waals surface area contributed by atoms with Crippen LogP contribution in [0, 0.1) is 0 Å². The van der Waals surface area contributed by atoms with Gasteiger partial charge in [-0.25, -0.2) is 4.79 Å². The summed E-state index contributed by atoms with van der Waals surface area (Å²) in [4.78, 5) is 37.9. The van der Waals surface area contributed by atoms with E-state index in [-0.39, 0.29) is 11.1 Å². The molecule has 3 rings (SSSR count). The largest absolute Gasteiger partial charge is 0.479 e. The van der Waals surface area contributed by atoms with Gasteiger partial charge in [-0.2, -0.15) is 0 Å². The van der Waals surface area contributed by atoms with Gasteiger partial charge in [-0.05, 0) is 24.6 Å². The van der Waals surface area contributed by atoms with Gasteiger partial charge >= 0.3 is 5.97 Å². The summed E-state index contributed by atoms with van der Waals surface area (Å²) < 4.78 is 0. The zero-order chi connectivity index (χ0) is 15.9. The van der Waals surface area contributed by atoms with Crippen LogP contribution in [0.2, 0.25) is 0 Å². The SMILES string of the molecule is C[C@](C(=O)O)(c1ccccc1)N1C(=O)c2ccccc2C1=O. The third kappa shape index (κ3) is 1.75. The van der Waals surface area contributed by atoms with E-state index in [0.717, 1.165) is 4.90 Å². The highest BCUT2D eigenvalue weighted by molar-refractivity contribution is 6.23. The van der Waals surface area contributed by atoms with Crippen molar-refractivity contribution in [3.8, 4) is 0 Å². The Labute approximate surface area is 126 Å². The maximum absolute atomic E-state index is 12.6. The van der Waals surface area contributed by atoms with Crippen LogP contribution in [0.3, 0.4) is 0 Å². The summed E-state index contributed by atoms with van der Waals surface area (Å²) in [7, 11) is 0. The van der Waals surface area contributed by atoms with Crippen LogP contribution in [0.4, 0.5) is 0 Å². The Bertz CT molecular complexity index is 749. The maximum atomic E-state index is 12.6. The van der Waals surface area contributed by atoms with Crippen molar-refractivity contribution < 1.29 is 19.5 Å². The van der Waals surface area contributed by atoms with Crippen LogP contribution in [0.15, 0.2) is 54.6 Å². The third-order valence-electron chi connectivity index (χ3n) is 3.99. The topological polar surface area (TPSA) is 74.7 Å². The third-order valence-corrected chi connectivity index (χ3v) is 3.99. The van der Waals surface area contributed by atoms with Gasteiger partial charge in [0.2, 0.25) is 0 Å². The van der Waals surface area contributed by atoms with Gasteiger partial charge in [-0.1, -0.05) is 42.5 Å². The number of rotatable bonds is 3. The van der Waals surface area contributed by atoms with Gasteiger partial charge in [0.05, 0.1) is 11.1 Å². The van der Waals surface area contributed by atoms with E-state index < -0.39 is 23.3 Å². The molecular weight excluding hydrogens is 282 g/mol. The van der Waals surface area contributed by atoms with E-state index in [1.165, 1.54) is 19.1 Å². The van der Waals surface area contributed by atoms with Crippen LogP contribution in [-0.2, 0) is 10.3 Å². The quantitative estimate of drug-likeness (QED) is 0.882. The summed E-state index contributed by atoms with van der Waals surface area (Å²) in [6, 6.07) is 14.6. The lowest BCUT2D eigenvalue weighted by Crippen LogP contribution is -2.52. The van der Waals surface area contributed by atoms with Gasteiger partial charge in [-0.15, -0.1) is 0 Å². The number of amides is 2. The Hall–Kier alpha value is -2.95. The second kappa shape index (κ2) is 4.80. The predicted molar refractivity (Wildman–Crippen MR) is 78.4 cm³/mol. The number of hydrogen-bond donors (Lipinski definition) is 1. The summed E-state index contributed by atoms with van der Waals surface area (Å²) in [6.45, 7) is 1.37. The Balaban J connectivity index is 2.19. The van der Waals surface area contributed by atoms with E-state index in [2.05, 4.69) is 0 Å². The molecule has 2 aromatic carbocycles. The van der Waals surface area contributed by atoms with Gasteiger partial charge < -0.3 is 5.11 Å². The smallest absolute Gasteiger partial charge is 0.334 e. The van der Waals surface area contributed by atoms with Gasteiger partial charge in [-0.3, -0.25) is 14.5 Å². The minimum absolute atomic E-state index is 0.232. The molecule has 0 radical (unpaired) electrons. The van der Waals surface area contributed by atoms with Crippen molar-refractivity contribution >= 4 is 17.8 Å². The number of imide groups is 1. The lowest BCUT2D eigenvalue weighted by molar-refractivity contribution is -0.148. The highest BCUT2D eigenvalue weighted by Gasteiger charge is 2.51. The fraction of sp³-hybridized carbons (Fsp3) is 0.118. The lowest BCUT2D eigenvalue weighted by atomic mass is 9.90. The van der Waals surface area contributed by atoms with Crippen LogP contribution in [0.1, 0.15) is 33.2 Å². The van der Waals surface area contributed by atoms with E-state index >= 15 is 0 Å². The summed E-state index contributed by atoms with van der Waals surface area (Å²) in [5.74, 6) is -2.43. The first-order valence-corrected chi connectivity index (χ1v) is 6.74. The van der Waals surface area contributed by atoms with Crippen LogP contribution >= 0.6 is 0 Å². The van der Waals surface area contributed by atoms with E-state index in [9.17, 15) is 19.5 Å². The normalized spacial score (nSPS) is 16.3. The number of fused-ring (bicyclic) bond motifs is 1. The molecule has 1 aliphatic heterocycles. The molecule has 5 heteroatoms. The Morgan fingerprint density at radius 3 is 1.82 bits per heavy atom. The van der Waals surface area contributed by atoms with Gasteiger partial charge in [0.25, 0.3) is 11.8 Å². The molecule has 1 N–H and O–H groups in total. The molecule has 0 unspecified atom stereocenters. The van der Waals surface area contributed by atoms with Gasteiger partial charge in [0, 0.05) is 0 Å². The minimum atomic E-state index is -1.76. The number of carbonyl (C=O) groups is 3. The van der Waals surface area contributed by atoms with Crippen molar-refractivity contribution in [3.05, 3.63) is 71.3 Å². The van der Waals surface area contributed by atoms with E-state index in [1.54, 1.807) is 42.5 Å². The molecule has 0 saturated carbocycles. The van der Waals surface area contributed by atoms with Crippen molar-refractivity contribution in [3.63, 3.8) is 0 Å². The monoisotopic (exact) mass is 295 g/mol. The molecule has 0 aliphatic carbocycles. The van der Waals surface area contributed by atoms with E-state index in [4.69, 9.17) is 0 Å². The molecule has 0 fully saturated rings. The molecule has 5 nitrogen and oxygen atoms in total. The van der Waals surface area contributed by atoms with Crippen molar-refractivity contribution in [2.75, 3.05) is 0 Å². The molecule has 0 aromatic heterocycles. The molecular formula is C17H13NO4. The fourth-order valence-electron chi connectivity index (χ4n) is 2.71. The molecule has 0 spiro atoms. The molecule has 22 heavy (non-hydrogen) atoms. The second-order valence-electron chi connectivity index (χ2n) is 5.23. The van der Waals surface area contributed by atoms with Crippen molar-refractivity contribution in [2.45, 2.75) is 12.5 Å². The lowest BCUT2D eigenvalue weighted by Gasteiger charge is -2.33. The number of carboxylic acids is 1. The van der Waals surface area contributed by atoms with E-state index in [0.29, 0.717) is 5.56 Å². The molecule has 0 saturated heterocycles. The average molecular weight is 295 g/mol. The fourth-order valence-corrected chi connectivity index (χ4v) is 2.71. The summed E-state index contributed by atoms with van der Waals surface area (Å²) in [6.07, 6.45) is 0. The van der Waals surface area contributed by atoms with E-state index in [1.807, 2.05) is 0 Å². The molecule has 1 heterocycles. The number of hydrogen-bond acceptors (Lipinski definition) is 3. The van der Waals surface area contributed by atoms with Crippen LogP contribution in [0.25, 0.3) is 0 Å². The van der Waals surface area contributed by atoms with Gasteiger partial charge in [0.1, 0.15) is 0 Å². The van der Waals surface area contributed by atoms with Crippen LogP contribution in [0.5, 0.6) is 0 Å². The zero-order valence-electron chi connectivity index (χ0n) is 11.8. The molecule has 1 atom stereocenters. The number of benzene rings is 2. The van der Waals surface area contributed by atoms with Crippen molar-refractivity contribution in [1.29, 1.82) is 0 Å². The highest BCUT2D eigenvalue weighted by atomic mass is 16.4. The van der Waals surface area contributed by atoms with Gasteiger partial charge in [0.15, 0.2) is 5.54 Å². The molecule has 110 valence electrons. The molecule has 2 aromatic rings. The first-order valence-electron chi connectivity index (χ1n) is 6.74. The van der Waals surface area contributed by atoms with Crippen LogP contribution in [-0.4, -0.2) is 27.8 Å². The Morgan fingerprint density at radius 2 is 1.36 bits per heavy atom. The van der Waals surface area contributed by atoms with Crippen molar-refractivity contribution in [2.24, 2.45) is 0 Å². The molecule has 2 amide bonds. The number of carboxylic acid groups (broad SMARTS) is 1. The zero-order valence-corrected chi connectivity index (χ0v) is 11.8. The van der Waals surface area contributed by atoms with Crippen molar-refractivity contribution in [1.82, 2.24) is 4.90 Å². The summed E-state index contributed by atoms with van der Waals surface area (Å²) in [5, 5.41) is 9.71. The second-order valence-corrected chi connectivity index (χ2v) is 5.23. The number of carbonyl (C=O) groups excluding carboxylic acids is 2.